The van der Waals surface area contributed by atoms with Crippen molar-refractivity contribution >= 4 is 11.6 Å². The fraction of sp³-hybridized carbons (Fsp3) is 0.600. The van der Waals surface area contributed by atoms with E-state index in [9.17, 15) is 4.39 Å². The first-order valence-electron chi connectivity index (χ1n) is 6.75. The summed E-state index contributed by atoms with van der Waals surface area (Å²) >= 11 is 5.83. The molecule has 1 atom stereocenters. The zero-order chi connectivity index (χ0) is 13.2. The molecule has 1 aliphatic carbocycles. The number of hydrogen-bond donors (Lipinski definition) is 1. The molecule has 1 aromatic rings. The third-order valence-electron chi connectivity index (χ3n) is 4.48. The van der Waals surface area contributed by atoms with Crippen LogP contribution in [0.5, 0.6) is 0 Å². The Hall–Kier alpha value is -0.600. The lowest BCUT2D eigenvalue weighted by atomic mass is 9.73. The van der Waals surface area contributed by atoms with Crippen molar-refractivity contribution in [1.82, 2.24) is 5.32 Å². The van der Waals surface area contributed by atoms with Crippen molar-refractivity contribution in [2.45, 2.75) is 45.1 Å². The molecule has 1 fully saturated rings. The number of hydrogen-bond acceptors (Lipinski definition) is 1. The van der Waals surface area contributed by atoms with Crippen molar-refractivity contribution < 1.29 is 4.39 Å². The Morgan fingerprint density at radius 2 is 2.06 bits per heavy atom. The van der Waals surface area contributed by atoms with Gasteiger partial charge in [0.2, 0.25) is 0 Å². The van der Waals surface area contributed by atoms with Crippen molar-refractivity contribution in [2.75, 3.05) is 7.05 Å². The molecule has 0 amide bonds. The van der Waals surface area contributed by atoms with Crippen molar-refractivity contribution in [1.29, 1.82) is 0 Å². The summed E-state index contributed by atoms with van der Waals surface area (Å²) < 4.78 is 14.1. The molecule has 2 rings (SSSR count). The second-order valence-corrected chi connectivity index (χ2v) is 5.75. The molecular weight excluding hydrogens is 249 g/mol. The topological polar surface area (TPSA) is 12.0 Å². The predicted octanol–water partition coefficient (Wildman–Crippen LogP) is 4.71. The van der Waals surface area contributed by atoms with Gasteiger partial charge in [-0.1, -0.05) is 37.4 Å². The highest BCUT2D eigenvalue weighted by Gasteiger charge is 2.40. The van der Waals surface area contributed by atoms with Gasteiger partial charge in [0, 0.05) is 16.6 Å². The molecule has 1 unspecified atom stereocenters. The molecule has 1 saturated carbocycles. The fourth-order valence-electron chi connectivity index (χ4n) is 3.45. The number of nitrogens with one attached hydrogen (secondary N) is 1. The van der Waals surface area contributed by atoms with Gasteiger partial charge in [0.25, 0.3) is 0 Å². The van der Waals surface area contributed by atoms with E-state index in [0.717, 1.165) is 12.0 Å². The average Bonchev–Trinajstić information content (AvgIpc) is 2.83. The summed E-state index contributed by atoms with van der Waals surface area (Å²) in [6.07, 6.45) is 5.94. The number of halogens is 2. The summed E-state index contributed by atoms with van der Waals surface area (Å²) in [5.41, 5.74) is 0.953. The van der Waals surface area contributed by atoms with Gasteiger partial charge in [0.05, 0.1) is 0 Å². The Labute approximate surface area is 114 Å². The minimum Gasteiger partial charge on any atom is -0.312 e. The van der Waals surface area contributed by atoms with Crippen LogP contribution in [0.2, 0.25) is 5.02 Å². The van der Waals surface area contributed by atoms with E-state index in [1.165, 1.54) is 31.7 Å². The highest BCUT2D eigenvalue weighted by Crippen LogP contribution is 2.50. The van der Waals surface area contributed by atoms with Crippen LogP contribution < -0.4 is 5.32 Å². The van der Waals surface area contributed by atoms with Crippen LogP contribution in [-0.2, 0) is 0 Å². The van der Waals surface area contributed by atoms with Crippen molar-refractivity contribution in [3.05, 3.63) is 34.6 Å². The van der Waals surface area contributed by atoms with Crippen molar-refractivity contribution in [3.63, 3.8) is 0 Å². The minimum atomic E-state index is -0.193. The van der Waals surface area contributed by atoms with Gasteiger partial charge < -0.3 is 5.32 Å². The van der Waals surface area contributed by atoms with Crippen LogP contribution in [0.1, 0.15) is 50.6 Å². The fourth-order valence-corrected chi connectivity index (χ4v) is 3.61. The van der Waals surface area contributed by atoms with Crippen LogP contribution >= 0.6 is 11.6 Å². The molecular formula is C15H21ClFN. The second kappa shape index (κ2) is 5.58. The summed E-state index contributed by atoms with van der Waals surface area (Å²) in [6.45, 7) is 2.21. The Morgan fingerprint density at radius 1 is 1.39 bits per heavy atom. The average molecular weight is 270 g/mol. The van der Waals surface area contributed by atoms with Gasteiger partial charge in [-0.15, -0.1) is 0 Å². The van der Waals surface area contributed by atoms with Gasteiger partial charge in [-0.2, -0.15) is 0 Å². The summed E-state index contributed by atoms with van der Waals surface area (Å²) in [4.78, 5) is 0. The Bertz CT molecular complexity index is 413. The molecule has 1 aromatic carbocycles. The SMILES string of the molecule is CCC1(C(NC)c2ccc(Cl)cc2F)CCCC1. The van der Waals surface area contributed by atoms with E-state index in [0.29, 0.717) is 5.02 Å². The maximum Gasteiger partial charge on any atom is 0.129 e. The molecule has 0 aliphatic heterocycles. The zero-order valence-corrected chi connectivity index (χ0v) is 11.9. The molecule has 0 radical (unpaired) electrons. The van der Waals surface area contributed by atoms with E-state index in [2.05, 4.69) is 12.2 Å². The monoisotopic (exact) mass is 269 g/mol. The van der Waals surface area contributed by atoms with Crippen LogP contribution in [0, 0.1) is 11.2 Å². The largest absolute Gasteiger partial charge is 0.312 e. The Morgan fingerprint density at radius 3 is 2.56 bits per heavy atom. The Balaban J connectivity index is 2.38. The zero-order valence-electron chi connectivity index (χ0n) is 11.1. The van der Waals surface area contributed by atoms with Crippen LogP contribution in [0.4, 0.5) is 4.39 Å². The quantitative estimate of drug-likeness (QED) is 0.835. The lowest BCUT2D eigenvalue weighted by molar-refractivity contribution is 0.191. The standard InChI is InChI=1S/C15H21ClFN/c1-3-15(8-4-5-9-15)14(18-2)12-7-6-11(16)10-13(12)17/h6-7,10,14,18H,3-5,8-9H2,1-2H3. The van der Waals surface area contributed by atoms with E-state index in [1.807, 2.05) is 13.1 Å². The first-order valence-corrected chi connectivity index (χ1v) is 7.13. The highest BCUT2D eigenvalue weighted by atomic mass is 35.5. The van der Waals surface area contributed by atoms with Crippen LogP contribution in [0.15, 0.2) is 18.2 Å². The van der Waals surface area contributed by atoms with Gasteiger partial charge in [0.15, 0.2) is 0 Å². The summed E-state index contributed by atoms with van der Waals surface area (Å²) in [6, 6.07) is 5.11. The van der Waals surface area contributed by atoms with Gasteiger partial charge in [-0.05, 0) is 43.9 Å². The molecule has 0 saturated heterocycles. The number of benzene rings is 1. The first-order chi connectivity index (χ1) is 8.63. The van der Waals surface area contributed by atoms with E-state index >= 15 is 0 Å². The second-order valence-electron chi connectivity index (χ2n) is 5.31. The minimum absolute atomic E-state index is 0.0854. The highest BCUT2D eigenvalue weighted by molar-refractivity contribution is 6.30. The third-order valence-corrected chi connectivity index (χ3v) is 4.71. The van der Waals surface area contributed by atoms with Gasteiger partial charge >= 0.3 is 0 Å². The molecule has 0 heterocycles. The van der Waals surface area contributed by atoms with Crippen molar-refractivity contribution in [3.8, 4) is 0 Å². The number of rotatable bonds is 4. The van der Waals surface area contributed by atoms with Gasteiger partial charge in [-0.25, -0.2) is 4.39 Å². The van der Waals surface area contributed by atoms with Gasteiger partial charge in [0.1, 0.15) is 5.82 Å². The molecule has 100 valence electrons. The molecule has 0 spiro atoms. The summed E-state index contributed by atoms with van der Waals surface area (Å²) in [7, 11) is 1.93. The molecule has 1 N–H and O–H groups in total. The summed E-state index contributed by atoms with van der Waals surface area (Å²) in [5.74, 6) is -0.193. The molecule has 1 aliphatic rings. The first kappa shape index (κ1) is 13.8. The molecule has 1 nitrogen and oxygen atoms in total. The van der Waals surface area contributed by atoms with Crippen LogP contribution in [-0.4, -0.2) is 7.05 Å². The van der Waals surface area contributed by atoms with E-state index < -0.39 is 0 Å². The normalized spacial score (nSPS) is 20.0. The van der Waals surface area contributed by atoms with E-state index in [-0.39, 0.29) is 17.3 Å². The third kappa shape index (κ3) is 2.41. The van der Waals surface area contributed by atoms with Gasteiger partial charge in [-0.3, -0.25) is 0 Å². The molecule has 0 bridgehead atoms. The van der Waals surface area contributed by atoms with E-state index in [4.69, 9.17) is 11.6 Å². The maximum absolute atomic E-state index is 14.1. The van der Waals surface area contributed by atoms with Crippen LogP contribution in [0.3, 0.4) is 0 Å². The molecule has 3 heteroatoms. The predicted molar refractivity (Wildman–Crippen MR) is 74.4 cm³/mol. The molecule has 0 aromatic heterocycles. The van der Waals surface area contributed by atoms with Crippen molar-refractivity contribution in [2.24, 2.45) is 5.41 Å². The Kier molecular flexibility index (Phi) is 4.29. The summed E-state index contributed by atoms with van der Waals surface area (Å²) in [5, 5.41) is 3.79. The smallest absolute Gasteiger partial charge is 0.129 e. The van der Waals surface area contributed by atoms with E-state index in [1.54, 1.807) is 6.07 Å². The maximum atomic E-state index is 14.1. The molecule has 18 heavy (non-hydrogen) atoms. The van der Waals surface area contributed by atoms with Crippen LogP contribution in [0.25, 0.3) is 0 Å². The lowest BCUT2D eigenvalue weighted by Gasteiger charge is -2.37. The lowest BCUT2D eigenvalue weighted by Crippen LogP contribution is -2.34.